The van der Waals surface area contributed by atoms with Crippen molar-refractivity contribution in [2.75, 3.05) is 0 Å². The van der Waals surface area contributed by atoms with Gasteiger partial charge >= 0.3 is 0 Å². The molecule has 1 aliphatic rings. The van der Waals surface area contributed by atoms with Crippen LogP contribution in [0.1, 0.15) is 27.6 Å². The molecule has 2 unspecified atom stereocenters. The number of halogens is 2. The summed E-state index contributed by atoms with van der Waals surface area (Å²) in [6, 6.07) is 12.0. The molecule has 0 spiro atoms. The Morgan fingerprint density at radius 3 is 2.67 bits per heavy atom. The van der Waals surface area contributed by atoms with Gasteiger partial charge < -0.3 is 0 Å². The molecule has 3 rings (SSSR count). The van der Waals surface area contributed by atoms with Gasteiger partial charge in [0.05, 0.1) is 13.7 Å². The van der Waals surface area contributed by atoms with Crippen LogP contribution >= 0.6 is 38.9 Å². The molecule has 0 saturated heterocycles. The monoisotopic (exact) mass is 340 g/mol. The molecule has 0 bridgehead atoms. The van der Waals surface area contributed by atoms with Crippen molar-refractivity contribution in [1.29, 1.82) is 0 Å². The van der Waals surface area contributed by atoms with E-state index in [0.29, 0.717) is 10.9 Å². The summed E-state index contributed by atoms with van der Waals surface area (Å²) in [7, 11) is 0. The van der Waals surface area contributed by atoms with Crippen LogP contribution in [0.25, 0.3) is 0 Å². The van der Waals surface area contributed by atoms with E-state index in [0.717, 1.165) is 15.1 Å². The standard InChI is InChI=1S/C14H10BrClOS/c15-14-11(16)7-12(18-14)13(17)10-6-9(10)8-4-2-1-3-5-8/h1-5,7,9-10H,6H2. The van der Waals surface area contributed by atoms with Crippen molar-refractivity contribution in [1.82, 2.24) is 0 Å². The van der Waals surface area contributed by atoms with Crippen LogP contribution in [0, 0.1) is 5.92 Å². The second-order valence-electron chi connectivity index (χ2n) is 4.46. The molecule has 1 saturated carbocycles. The van der Waals surface area contributed by atoms with Gasteiger partial charge in [-0.1, -0.05) is 41.9 Å². The fourth-order valence-corrected chi connectivity index (χ4v) is 3.91. The van der Waals surface area contributed by atoms with Crippen molar-refractivity contribution >= 4 is 44.7 Å². The number of hydrogen-bond donors (Lipinski definition) is 0. The van der Waals surface area contributed by atoms with Gasteiger partial charge in [-0.15, -0.1) is 11.3 Å². The van der Waals surface area contributed by atoms with Crippen LogP contribution in [-0.2, 0) is 0 Å². The van der Waals surface area contributed by atoms with E-state index < -0.39 is 0 Å². The van der Waals surface area contributed by atoms with Gasteiger partial charge in [0.1, 0.15) is 0 Å². The van der Waals surface area contributed by atoms with Crippen molar-refractivity contribution in [2.24, 2.45) is 5.92 Å². The molecule has 0 N–H and O–H groups in total. The number of benzene rings is 1. The number of thiophene rings is 1. The number of ketones is 1. The van der Waals surface area contributed by atoms with Gasteiger partial charge in [0.15, 0.2) is 5.78 Å². The second kappa shape index (κ2) is 4.80. The maximum atomic E-state index is 12.3. The Bertz CT molecular complexity index is 574. The lowest BCUT2D eigenvalue weighted by molar-refractivity contribution is 0.0969. The van der Waals surface area contributed by atoms with E-state index in [2.05, 4.69) is 28.1 Å². The molecule has 1 aromatic heterocycles. The van der Waals surface area contributed by atoms with Gasteiger partial charge in [-0.25, -0.2) is 0 Å². The summed E-state index contributed by atoms with van der Waals surface area (Å²) in [5.74, 6) is 0.744. The SMILES string of the molecule is O=C(c1cc(Cl)c(Br)s1)C1CC1c1ccccc1. The molecular formula is C14H10BrClOS. The normalized spacial score (nSPS) is 21.9. The van der Waals surface area contributed by atoms with Gasteiger partial charge in [-0.3, -0.25) is 4.79 Å². The Hall–Kier alpha value is -0.640. The highest BCUT2D eigenvalue weighted by atomic mass is 79.9. The van der Waals surface area contributed by atoms with Crippen molar-refractivity contribution in [3.05, 3.63) is 55.6 Å². The van der Waals surface area contributed by atoms with Crippen LogP contribution in [0.15, 0.2) is 40.2 Å². The number of Topliss-reactive ketones (excluding diaryl/α,β-unsaturated/α-hetero) is 1. The molecule has 92 valence electrons. The predicted octanol–water partition coefficient (Wildman–Crippen LogP) is 5.15. The first-order valence-electron chi connectivity index (χ1n) is 5.71. The Labute approximate surface area is 123 Å². The number of rotatable bonds is 3. The molecule has 0 amide bonds. The molecule has 1 nitrogen and oxygen atoms in total. The Kier molecular flexibility index (Phi) is 3.31. The molecule has 1 aliphatic carbocycles. The molecule has 1 fully saturated rings. The van der Waals surface area contributed by atoms with Crippen molar-refractivity contribution < 1.29 is 4.79 Å². The van der Waals surface area contributed by atoms with Gasteiger partial charge in [0.2, 0.25) is 0 Å². The molecule has 4 heteroatoms. The summed E-state index contributed by atoms with van der Waals surface area (Å²) in [6.45, 7) is 0. The minimum Gasteiger partial charge on any atom is -0.293 e. The third-order valence-corrected chi connectivity index (χ3v) is 5.73. The summed E-state index contributed by atoms with van der Waals surface area (Å²) in [5, 5.41) is 0.625. The van der Waals surface area contributed by atoms with Gasteiger partial charge in [-0.2, -0.15) is 0 Å². The van der Waals surface area contributed by atoms with Crippen LogP contribution in [-0.4, -0.2) is 5.78 Å². The lowest BCUT2D eigenvalue weighted by Crippen LogP contribution is -2.00. The minimum absolute atomic E-state index is 0.133. The van der Waals surface area contributed by atoms with E-state index in [1.807, 2.05) is 18.2 Å². The third-order valence-electron chi connectivity index (χ3n) is 3.24. The Morgan fingerprint density at radius 2 is 2.06 bits per heavy atom. The van der Waals surface area contributed by atoms with E-state index in [-0.39, 0.29) is 11.7 Å². The maximum Gasteiger partial charge on any atom is 0.176 e. The highest BCUT2D eigenvalue weighted by Crippen LogP contribution is 2.50. The molecule has 2 atom stereocenters. The third kappa shape index (κ3) is 2.27. The van der Waals surface area contributed by atoms with Crippen LogP contribution < -0.4 is 0 Å². The molecular weight excluding hydrogens is 332 g/mol. The molecule has 1 aromatic carbocycles. The van der Waals surface area contributed by atoms with E-state index in [1.165, 1.54) is 16.9 Å². The largest absolute Gasteiger partial charge is 0.293 e. The van der Waals surface area contributed by atoms with Crippen LogP contribution in [0.5, 0.6) is 0 Å². The van der Waals surface area contributed by atoms with E-state index in [4.69, 9.17) is 11.6 Å². The summed E-state index contributed by atoms with van der Waals surface area (Å²) >= 11 is 10.7. The van der Waals surface area contributed by atoms with Gasteiger partial charge in [0.25, 0.3) is 0 Å². The molecule has 0 aliphatic heterocycles. The van der Waals surface area contributed by atoms with Gasteiger partial charge in [-0.05, 0) is 39.9 Å². The summed E-state index contributed by atoms with van der Waals surface area (Å²) in [5.41, 5.74) is 1.26. The average molecular weight is 342 g/mol. The van der Waals surface area contributed by atoms with Gasteiger partial charge in [0, 0.05) is 5.92 Å². The average Bonchev–Trinajstić information content (AvgIpc) is 3.11. The lowest BCUT2D eigenvalue weighted by atomic mass is 10.1. The number of carbonyl (C=O) groups excluding carboxylic acids is 1. The summed E-state index contributed by atoms with van der Waals surface area (Å²) in [4.78, 5) is 13.0. The van der Waals surface area contributed by atoms with Crippen molar-refractivity contribution in [3.8, 4) is 0 Å². The number of carbonyl (C=O) groups is 1. The van der Waals surface area contributed by atoms with E-state index in [9.17, 15) is 4.79 Å². The topological polar surface area (TPSA) is 17.1 Å². The van der Waals surface area contributed by atoms with Crippen LogP contribution in [0.2, 0.25) is 5.02 Å². The first-order valence-corrected chi connectivity index (χ1v) is 7.69. The van der Waals surface area contributed by atoms with Crippen molar-refractivity contribution in [3.63, 3.8) is 0 Å². The Morgan fingerprint density at radius 1 is 1.33 bits per heavy atom. The fourth-order valence-electron chi connectivity index (χ4n) is 2.20. The lowest BCUT2D eigenvalue weighted by Gasteiger charge is -1.98. The van der Waals surface area contributed by atoms with Crippen LogP contribution in [0.3, 0.4) is 0 Å². The smallest absolute Gasteiger partial charge is 0.176 e. The number of hydrogen-bond acceptors (Lipinski definition) is 2. The molecule has 2 aromatic rings. The van der Waals surface area contributed by atoms with E-state index >= 15 is 0 Å². The van der Waals surface area contributed by atoms with Crippen molar-refractivity contribution in [2.45, 2.75) is 12.3 Å². The summed E-state index contributed by atoms with van der Waals surface area (Å²) in [6.07, 6.45) is 0.954. The second-order valence-corrected chi connectivity index (χ2v) is 7.23. The minimum atomic E-state index is 0.133. The predicted molar refractivity (Wildman–Crippen MR) is 78.6 cm³/mol. The highest BCUT2D eigenvalue weighted by Gasteiger charge is 2.44. The van der Waals surface area contributed by atoms with E-state index in [1.54, 1.807) is 6.07 Å². The van der Waals surface area contributed by atoms with Crippen LogP contribution in [0.4, 0.5) is 0 Å². The highest BCUT2D eigenvalue weighted by molar-refractivity contribution is 9.11. The first-order chi connectivity index (χ1) is 8.66. The zero-order valence-electron chi connectivity index (χ0n) is 9.40. The zero-order chi connectivity index (χ0) is 12.7. The maximum absolute atomic E-state index is 12.3. The molecule has 0 radical (unpaired) electrons. The summed E-state index contributed by atoms with van der Waals surface area (Å²) < 4.78 is 0.837. The molecule has 18 heavy (non-hydrogen) atoms. The Balaban J connectivity index is 1.77. The fraction of sp³-hybridized carbons (Fsp3) is 0.214. The zero-order valence-corrected chi connectivity index (χ0v) is 12.6. The quantitative estimate of drug-likeness (QED) is 0.706. The molecule has 1 heterocycles. The first kappa shape index (κ1) is 12.4.